The van der Waals surface area contributed by atoms with E-state index in [9.17, 15) is 9.90 Å². The summed E-state index contributed by atoms with van der Waals surface area (Å²) >= 11 is 0. The Morgan fingerprint density at radius 2 is 1.92 bits per heavy atom. The van der Waals surface area contributed by atoms with E-state index in [2.05, 4.69) is 0 Å². The molecule has 1 N–H and O–H groups in total. The van der Waals surface area contributed by atoms with E-state index in [4.69, 9.17) is 4.74 Å². The first-order chi connectivity index (χ1) is 5.78. The number of carbonyl (C=O) groups is 1. The summed E-state index contributed by atoms with van der Waals surface area (Å²) in [5.74, 6) is -0.454. The zero-order valence-corrected chi connectivity index (χ0v) is 8.92. The van der Waals surface area contributed by atoms with Gasteiger partial charge in [-0.25, -0.2) is 4.79 Å². The predicted octanol–water partition coefficient (Wildman–Crippen LogP) is 1.66. The van der Waals surface area contributed by atoms with Crippen LogP contribution >= 0.6 is 0 Å². The third-order valence-corrected chi connectivity index (χ3v) is 1.40. The lowest BCUT2D eigenvalue weighted by Gasteiger charge is -2.21. The van der Waals surface area contributed by atoms with E-state index in [0.717, 1.165) is 0 Å². The van der Waals surface area contributed by atoms with Gasteiger partial charge in [-0.05, 0) is 34.6 Å². The third kappa shape index (κ3) is 4.68. The molecule has 0 heterocycles. The molecule has 13 heavy (non-hydrogen) atoms. The molecule has 3 nitrogen and oxygen atoms in total. The van der Waals surface area contributed by atoms with Gasteiger partial charge in [0.2, 0.25) is 0 Å². The molecular weight excluding hydrogens is 168 g/mol. The van der Waals surface area contributed by atoms with E-state index >= 15 is 0 Å². The van der Waals surface area contributed by atoms with E-state index in [1.54, 1.807) is 40.7 Å². The number of ether oxygens (including phenoxy) is 1. The van der Waals surface area contributed by atoms with Crippen LogP contribution < -0.4 is 0 Å². The van der Waals surface area contributed by atoms with Crippen molar-refractivity contribution in [3.05, 3.63) is 11.6 Å². The average molecular weight is 186 g/mol. The van der Waals surface area contributed by atoms with Crippen LogP contribution in [0.3, 0.4) is 0 Å². The van der Waals surface area contributed by atoms with Crippen molar-refractivity contribution in [3.63, 3.8) is 0 Å². The summed E-state index contributed by atoms with van der Waals surface area (Å²) < 4.78 is 5.08. The van der Waals surface area contributed by atoms with Crippen molar-refractivity contribution < 1.29 is 14.6 Å². The van der Waals surface area contributed by atoms with Gasteiger partial charge in [-0.3, -0.25) is 0 Å². The second-order valence-corrected chi connectivity index (χ2v) is 3.92. The van der Waals surface area contributed by atoms with E-state index in [1.807, 2.05) is 0 Å². The zero-order valence-electron chi connectivity index (χ0n) is 8.92. The van der Waals surface area contributed by atoms with E-state index < -0.39 is 17.7 Å². The summed E-state index contributed by atoms with van der Waals surface area (Å²) in [5, 5.41) is 9.21. The fourth-order valence-electron chi connectivity index (χ4n) is 0.867. The Balaban J connectivity index is 4.43. The molecule has 0 aromatic heterocycles. The second-order valence-electron chi connectivity index (χ2n) is 3.92. The van der Waals surface area contributed by atoms with Crippen LogP contribution in [0.2, 0.25) is 0 Å². The molecule has 1 unspecified atom stereocenters. The molecule has 76 valence electrons. The number of carbonyl (C=O) groups excluding carboxylic acids is 1. The van der Waals surface area contributed by atoms with Crippen molar-refractivity contribution in [2.24, 2.45) is 0 Å². The first-order valence-electron chi connectivity index (χ1n) is 4.35. The Kier molecular flexibility index (Phi) is 4.14. The molecule has 0 aliphatic carbocycles. The predicted molar refractivity (Wildman–Crippen MR) is 51.3 cm³/mol. The Labute approximate surface area is 79.4 Å². The molecule has 0 aromatic rings. The maximum Gasteiger partial charge on any atom is 0.336 e. The monoisotopic (exact) mass is 186 g/mol. The highest BCUT2D eigenvalue weighted by atomic mass is 16.6. The van der Waals surface area contributed by atoms with Gasteiger partial charge in [0.25, 0.3) is 0 Å². The summed E-state index contributed by atoms with van der Waals surface area (Å²) in [4.78, 5) is 11.4. The smallest absolute Gasteiger partial charge is 0.336 e. The van der Waals surface area contributed by atoms with Crippen molar-refractivity contribution in [1.82, 2.24) is 0 Å². The first kappa shape index (κ1) is 12.2. The lowest BCUT2D eigenvalue weighted by atomic mass is 10.1. The lowest BCUT2D eigenvalue weighted by molar-refractivity contribution is -0.150. The topological polar surface area (TPSA) is 46.5 Å². The Bertz CT molecular complexity index is 209. The van der Waals surface area contributed by atoms with Crippen LogP contribution in [0.1, 0.15) is 34.6 Å². The molecular formula is C10H18O3. The van der Waals surface area contributed by atoms with Gasteiger partial charge in [-0.2, -0.15) is 0 Å². The summed E-state index contributed by atoms with van der Waals surface area (Å²) in [7, 11) is 0. The van der Waals surface area contributed by atoms with Crippen molar-refractivity contribution in [2.75, 3.05) is 0 Å². The van der Waals surface area contributed by atoms with Crippen LogP contribution in [0.25, 0.3) is 0 Å². The summed E-state index contributed by atoms with van der Waals surface area (Å²) in [6.07, 6.45) is 0.790. The van der Waals surface area contributed by atoms with Gasteiger partial charge < -0.3 is 9.84 Å². The standard InChI is InChI=1S/C10H18O3/c1-6-8(7(2)11)9(12)13-10(3,4)5/h6-7,11H,1-5H3/b8-6+. The molecule has 0 fully saturated rings. The van der Waals surface area contributed by atoms with Gasteiger partial charge in [0.1, 0.15) is 5.60 Å². The van der Waals surface area contributed by atoms with Gasteiger partial charge in [0, 0.05) is 0 Å². The summed E-state index contributed by atoms with van der Waals surface area (Å²) in [6, 6.07) is 0. The highest BCUT2D eigenvalue weighted by Crippen LogP contribution is 2.12. The molecule has 0 aliphatic rings. The van der Waals surface area contributed by atoms with E-state index in [-0.39, 0.29) is 0 Å². The van der Waals surface area contributed by atoms with E-state index in [1.165, 1.54) is 0 Å². The number of rotatable bonds is 2. The van der Waals surface area contributed by atoms with Crippen LogP contribution in [0.15, 0.2) is 11.6 Å². The average Bonchev–Trinajstić information content (AvgIpc) is 1.82. The minimum Gasteiger partial charge on any atom is -0.457 e. The van der Waals surface area contributed by atoms with E-state index in [0.29, 0.717) is 5.57 Å². The highest BCUT2D eigenvalue weighted by Gasteiger charge is 2.21. The van der Waals surface area contributed by atoms with Crippen molar-refractivity contribution in [3.8, 4) is 0 Å². The minimum absolute atomic E-state index is 0.301. The maximum absolute atomic E-state index is 11.4. The summed E-state index contributed by atoms with van der Waals surface area (Å²) in [6.45, 7) is 8.62. The highest BCUT2D eigenvalue weighted by molar-refractivity contribution is 5.89. The van der Waals surface area contributed by atoms with Crippen molar-refractivity contribution in [1.29, 1.82) is 0 Å². The van der Waals surface area contributed by atoms with Crippen LogP contribution in [0, 0.1) is 0 Å². The molecule has 0 radical (unpaired) electrons. The molecule has 1 atom stereocenters. The number of hydrogen-bond donors (Lipinski definition) is 1. The molecule has 0 saturated heterocycles. The quantitative estimate of drug-likeness (QED) is 0.527. The zero-order chi connectivity index (χ0) is 10.6. The van der Waals surface area contributed by atoms with Gasteiger partial charge in [-0.15, -0.1) is 0 Å². The Hall–Kier alpha value is -0.830. The third-order valence-electron chi connectivity index (χ3n) is 1.40. The van der Waals surface area contributed by atoms with Crippen LogP contribution in [-0.2, 0) is 9.53 Å². The van der Waals surface area contributed by atoms with Crippen LogP contribution in [0.4, 0.5) is 0 Å². The lowest BCUT2D eigenvalue weighted by Crippen LogP contribution is -2.27. The van der Waals surface area contributed by atoms with Gasteiger partial charge >= 0.3 is 5.97 Å². The molecule has 3 heteroatoms. The number of aliphatic hydroxyl groups excluding tert-OH is 1. The molecule has 0 aliphatic heterocycles. The Morgan fingerprint density at radius 1 is 1.46 bits per heavy atom. The number of aliphatic hydroxyl groups is 1. The Morgan fingerprint density at radius 3 is 2.15 bits per heavy atom. The second kappa shape index (κ2) is 4.42. The summed E-state index contributed by atoms with van der Waals surface area (Å²) in [5.41, 5.74) is -0.213. The number of hydrogen-bond acceptors (Lipinski definition) is 3. The van der Waals surface area contributed by atoms with Gasteiger partial charge in [-0.1, -0.05) is 6.08 Å². The fourth-order valence-corrected chi connectivity index (χ4v) is 0.867. The fraction of sp³-hybridized carbons (Fsp3) is 0.700. The maximum atomic E-state index is 11.4. The van der Waals surface area contributed by atoms with Gasteiger partial charge in [0.15, 0.2) is 0 Å². The normalized spacial score (nSPS) is 15.4. The molecule has 0 rings (SSSR count). The van der Waals surface area contributed by atoms with Crippen LogP contribution in [-0.4, -0.2) is 22.8 Å². The number of allylic oxidation sites excluding steroid dienone is 1. The van der Waals surface area contributed by atoms with Crippen molar-refractivity contribution >= 4 is 5.97 Å². The molecule has 0 saturated carbocycles. The molecule has 0 spiro atoms. The minimum atomic E-state index is -0.778. The first-order valence-corrected chi connectivity index (χ1v) is 4.35. The van der Waals surface area contributed by atoms with Gasteiger partial charge in [0.05, 0.1) is 11.7 Å². The number of esters is 1. The van der Waals surface area contributed by atoms with Crippen LogP contribution in [0.5, 0.6) is 0 Å². The SMILES string of the molecule is C/C=C(/C(=O)OC(C)(C)C)C(C)O. The molecule has 0 amide bonds. The molecule has 0 bridgehead atoms. The largest absolute Gasteiger partial charge is 0.457 e. The van der Waals surface area contributed by atoms with Crippen molar-refractivity contribution in [2.45, 2.75) is 46.3 Å². The molecule has 0 aromatic carbocycles.